The van der Waals surface area contributed by atoms with Crippen molar-refractivity contribution in [2.45, 2.75) is 18.9 Å². The summed E-state index contributed by atoms with van der Waals surface area (Å²) in [4.78, 5) is 24.0. The van der Waals surface area contributed by atoms with Crippen LogP contribution in [0.5, 0.6) is 0 Å². The van der Waals surface area contributed by atoms with Gasteiger partial charge in [-0.1, -0.05) is 11.6 Å². The number of amides is 1. The van der Waals surface area contributed by atoms with Gasteiger partial charge in [-0.25, -0.2) is 9.97 Å². The quantitative estimate of drug-likeness (QED) is 0.452. The number of carbonyl (C=O) groups is 1. The lowest BCUT2D eigenvalue weighted by molar-refractivity contribution is 0.0972. The Labute approximate surface area is 132 Å². The molecule has 1 aliphatic rings. The van der Waals surface area contributed by atoms with Gasteiger partial charge in [-0.2, -0.15) is 0 Å². The molecule has 0 bridgehead atoms. The minimum Gasteiger partial charge on any atom is -0.382 e. The van der Waals surface area contributed by atoms with E-state index in [1.165, 1.54) is 0 Å². The zero-order valence-corrected chi connectivity index (χ0v) is 12.9. The van der Waals surface area contributed by atoms with Crippen molar-refractivity contribution in [3.8, 4) is 0 Å². The third-order valence-corrected chi connectivity index (χ3v) is 3.42. The van der Waals surface area contributed by atoms with Gasteiger partial charge in [-0.05, 0) is 26.4 Å². The predicted octanol–water partition coefficient (Wildman–Crippen LogP) is -0.648. The summed E-state index contributed by atoms with van der Waals surface area (Å²) >= 11 is 5.75. The number of guanidine groups is 1. The summed E-state index contributed by atoms with van der Waals surface area (Å²) in [6.07, 6.45) is 1.98. The fourth-order valence-corrected chi connectivity index (χ4v) is 2.15. The lowest BCUT2D eigenvalue weighted by Gasteiger charge is -2.12. The molecule has 0 unspecified atom stereocenters. The Morgan fingerprint density at radius 1 is 1.41 bits per heavy atom. The van der Waals surface area contributed by atoms with Crippen LogP contribution < -0.4 is 27.4 Å². The summed E-state index contributed by atoms with van der Waals surface area (Å²) in [5.74, 6) is -0.233. The van der Waals surface area contributed by atoms with E-state index in [0.29, 0.717) is 12.5 Å². The van der Waals surface area contributed by atoms with Gasteiger partial charge in [-0.3, -0.25) is 15.1 Å². The van der Waals surface area contributed by atoms with Crippen LogP contribution >= 0.6 is 11.6 Å². The summed E-state index contributed by atoms with van der Waals surface area (Å²) in [6, 6.07) is 0.210. The fraction of sp³-hybridized carbons (Fsp3) is 0.500. The minimum absolute atomic E-state index is 0.0170. The standard InChI is InChI=1S/C12H19ClN8O/c1-16-4-2-3-6-5-17-12(18-6)21-11(22)7-9(14)20-10(15)8(13)19-7/h6,16H,2-5H2,1H3,(H4,14,15,20)(H2,17,18,21,22)/t6-/m0/s1. The number of nitrogens with two attached hydrogens (primary N) is 2. The average Bonchev–Trinajstić information content (AvgIpc) is 2.90. The number of hydrogen-bond acceptors (Lipinski definition) is 8. The van der Waals surface area contributed by atoms with Crippen molar-refractivity contribution in [1.29, 1.82) is 0 Å². The molecular weight excluding hydrogens is 308 g/mol. The number of aromatic nitrogens is 2. The fourth-order valence-electron chi connectivity index (χ4n) is 2.03. The van der Waals surface area contributed by atoms with Gasteiger partial charge < -0.3 is 22.1 Å². The third-order valence-electron chi connectivity index (χ3n) is 3.14. The molecule has 0 aliphatic carbocycles. The number of rotatable bonds is 5. The van der Waals surface area contributed by atoms with Crippen molar-refractivity contribution in [2.75, 3.05) is 31.6 Å². The third kappa shape index (κ3) is 3.95. The Kier molecular flexibility index (Phi) is 5.34. The van der Waals surface area contributed by atoms with Crippen LogP contribution in [0.3, 0.4) is 0 Å². The highest BCUT2D eigenvalue weighted by molar-refractivity contribution is 6.31. The first kappa shape index (κ1) is 16.2. The maximum atomic E-state index is 12.1. The summed E-state index contributed by atoms with van der Waals surface area (Å²) < 4.78 is 0. The number of halogens is 1. The van der Waals surface area contributed by atoms with Crippen LogP contribution in [0.2, 0.25) is 5.15 Å². The molecule has 1 atom stereocenters. The van der Waals surface area contributed by atoms with E-state index in [9.17, 15) is 4.79 Å². The van der Waals surface area contributed by atoms with Crippen molar-refractivity contribution >= 4 is 35.1 Å². The van der Waals surface area contributed by atoms with E-state index in [1.807, 2.05) is 7.05 Å². The lowest BCUT2D eigenvalue weighted by Crippen LogP contribution is -2.42. The van der Waals surface area contributed by atoms with Crippen molar-refractivity contribution in [1.82, 2.24) is 25.9 Å². The largest absolute Gasteiger partial charge is 0.382 e. The number of nitrogen functional groups attached to an aromatic ring is 2. The maximum Gasteiger partial charge on any atom is 0.280 e. The highest BCUT2D eigenvalue weighted by atomic mass is 35.5. The van der Waals surface area contributed by atoms with E-state index >= 15 is 0 Å². The van der Waals surface area contributed by atoms with Gasteiger partial charge in [0.1, 0.15) is 0 Å². The summed E-state index contributed by atoms with van der Waals surface area (Å²) in [6.45, 7) is 1.55. The molecule has 0 saturated carbocycles. The van der Waals surface area contributed by atoms with Crippen LogP contribution in [0.4, 0.5) is 11.6 Å². The maximum absolute atomic E-state index is 12.1. The summed E-state index contributed by atoms with van der Waals surface area (Å²) in [5, 5.41) is 8.77. The van der Waals surface area contributed by atoms with Gasteiger partial charge in [0, 0.05) is 6.04 Å². The number of nitrogens with zero attached hydrogens (tertiary/aromatic N) is 3. The number of carbonyl (C=O) groups excluding carboxylic acids is 1. The molecule has 2 heterocycles. The van der Waals surface area contributed by atoms with E-state index in [4.69, 9.17) is 23.1 Å². The Hall–Kier alpha value is -2.13. The molecular formula is C12H19ClN8O. The molecule has 22 heavy (non-hydrogen) atoms. The second-order valence-corrected chi connectivity index (χ2v) is 5.22. The minimum atomic E-state index is -0.533. The predicted molar refractivity (Wildman–Crippen MR) is 85.7 cm³/mol. The molecule has 0 spiro atoms. The Bertz CT molecular complexity index is 591. The van der Waals surface area contributed by atoms with Crippen LogP contribution in [-0.4, -0.2) is 48.0 Å². The van der Waals surface area contributed by atoms with Gasteiger partial charge in [-0.15, -0.1) is 0 Å². The van der Waals surface area contributed by atoms with Crippen molar-refractivity contribution < 1.29 is 4.79 Å². The Morgan fingerprint density at radius 3 is 2.91 bits per heavy atom. The molecule has 1 aliphatic heterocycles. The molecule has 10 heteroatoms. The van der Waals surface area contributed by atoms with E-state index in [1.54, 1.807) is 0 Å². The van der Waals surface area contributed by atoms with Crippen LogP contribution in [0.25, 0.3) is 0 Å². The first-order chi connectivity index (χ1) is 10.5. The normalized spacial score (nSPS) is 17.0. The molecule has 2 rings (SSSR count). The second kappa shape index (κ2) is 7.23. The Balaban J connectivity index is 1.92. The molecule has 1 aromatic heterocycles. The highest BCUT2D eigenvalue weighted by Crippen LogP contribution is 2.17. The zero-order valence-electron chi connectivity index (χ0n) is 12.2. The lowest BCUT2D eigenvalue weighted by atomic mass is 10.2. The average molecular weight is 327 g/mol. The van der Waals surface area contributed by atoms with Gasteiger partial charge in [0.25, 0.3) is 5.91 Å². The van der Waals surface area contributed by atoms with Crippen molar-refractivity contribution in [2.24, 2.45) is 4.99 Å². The van der Waals surface area contributed by atoms with Crippen LogP contribution in [0.15, 0.2) is 4.99 Å². The van der Waals surface area contributed by atoms with Gasteiger partial charge in [0.05, 0.1) is 6.54 Å². The zero-order chi connectivity index (χ0) is 16.1. The highest BCUT2D eigenvalue weighted by Gasteiger charge is 2.22. The van der Waals surface area contributed by atoms with Crippen LogP contribution in [0.1, 0.15) is 23.3 Å². The molecule has 9 nitrogen and oxygen atoms in total. The van der Waals surface area contributed by atoms with E-state index in [-0.39, 0.29) is 28.5 Å². The SMILES string of the molecule is CNCCC[C@H]1CN=C(NC(=O)c2nc(Cl)c(N)nc2N)N1. The molecule has 1 aromatic rings. The van der Waals surface area contributed by atoms with E-state index in [2.05, 4.69) is 30.9 Å². The topological polar surface area (TPSA) is 143 Å². The molecule has 0 saturated heterocycles. The van der Waals surface area contributed by atoms with Gasteiger partial charge in [0.2, 0.25) is 0 Å². The monoisotopic (exact) mass is 326 g/mol. The van der Waals surface area contributed by atoms with Crippen LogP contribution in [0, 0.1) is 0 Å². The van der Waals surface area contributed by atoms with E-state index in [0.717, 1.165) is 19.4 Å². The van der Waals surface area contributed by atoms with Crippen molar-refractivity contribution in [3.05, 3.63) is 10.8 Å². The second-order valence-electron chi connectivity index (χ2n) is 4.86. The summed E-state index contributed by atoms with van der Waals surface area (Å²) in [7, 11) is 1.91. The number of hydrogen-bond donors (Lipinski definition) is 5. The first-order valence-electron chi connectivity index (χ1n) is 6.86. The smallest absolute Gasteiger partial charge is 0.280 e. The van der Waals surface area contributed by atoms with Crippen LogP contribution in [-0.2, 0) is 0 Å². The Morgan fingerprint density at radius 2 is 2.18 bits per heavy atom. The number of nitrogens with one attached hydrogen (secondary N) is 3. The molecule has 7 N–H and O–H groups in total. The molecule has 0 fully saturated rings. The number of aliphatic imine (C=N–C) groups is 1. The summed E-state index contributed by atoms with van der Waals surface area (Å²) in [5.41, 5.74) is 11.0. The molecule has 0 aromatic carbocycles. The molecule has 1 amide bonds. The van der Waals surface area contributed by atoms with Crippen molar-refractivity contribution in [3.63, 3.8) is 0 Å². The van der Waals surface area contributed by atoms with Gasteiger partial charge >= 0.3 is 0 Å². The molecule has 0 radical (unpaired) electrons. The first-order valence-corrected chi connectivity index (χ1v) is 7.24. The van der Waals surface area contributed by atoms with E-state index < -0.39 is 5.91 Å². The number of anilines is 2. The van der Waals surface area contributed by atoms with Gasteiger partial charge in [0.15, 0.2) is 28.4 Å². The molecule has 120 valence electrons.